The fraction of sp³-hybridized carbons (Fsp3) is 0.611. The van der Waals surface area contributed by atoms with Crippen LogP contribution >= 0.6 is 0 Å². The molecular formula is C18H28N2O3S. The first-order chi connectivity index (χ1) is 11.3. The van der Waals surface area contributed by atoms with E-state index in [0.717, 1.165) is 13.1 Å². The van der Waals surface area contributed by atoms with Crippen molar-refractivity contribution in [3.8, 4) is 0 Å². The van der Waals surface area contributed by atoms with Gasteiger partial charge in [-0.15, -0.1) is 0 Å². The first-order valence-corrected chi connectivity index (χ1v) is 10.3. The Morgan fingerprint density at radius 2 is 1.92 bits per heavy atom. The molecule has 0 saturated carbocycles. The summed E-state index contributed by atoms with van der Waals surface area (Å²) in [5.74, 6) is -0.960. The highest BCUT2D eigenvalue weighted by atomic mass is 32.2. The summed E-state index contributed by atoms with van der Waals surface area (Å²) in [7, 11) is -3.37. The molecule has 5 nitrogen and oxygen atoms in total. The van der Waals surface area contributed by atoms with Gasteiger partial charge >= 0.3 is 0 Å². The Morgan fingerprint density at radius 3 is 2.50 bits per heavy atom. The van der Waals surface area contributed by atoms with Crippen molar-refractivity contribution in [2.24, 2.45) is 0 Å². The average molecular weight is 353 g/mol. The van der Waals surface area contributed by atoms with Gasteiger partial charge in [-0.25, -0.2) is 8.42 Å². The number of sulfone groups is 1. The number of piperidine rings is 1. The van der Waals surface area contributed by atoms with Gasteiger partial charge in [0.1, 0.15) is 5.75 Å². The van der Waals surface area contributed by atoms with Crippen molar-refractivity contribution >= 4 is 21.4 Å². The molecule has 1 saturated heterocycles. The first kappa shape index (κ1) is 18.9. The lowest BCUT2D eigenvalue weighted by atomic mass is 10.0. The molecule has 1 unspecified atom stereocenters. The quantitative estimate of drug-likeness (QED) is 0.855. The van der Waals surface area contributed by atoms with Gasteiger partial charge in [0.2, 0.25) is 5.91 Å². The van der Waals surface area contributed by atoms with Gasteiger partial charge in [0.05, 0.1) is 5.25 Å². The first-order valence-electron chi connectivity index (χ1n) is 8.62. The normalized spacial score (nSPS) is 19.4. The maximum absolute atomic E-state index is 11.9. The minimum atomic E-state index is -3.37. The Morgan fingerprint density at radius 1 is 1.25 bits per heavy atom. The van der Waals surface area contributed by atoms with Crippen molar-refractivity contribution in [1.82, 2.24) is 4.90 Å². The smallest absolute Gasteiger partial charge is 0.239 e. The third-order valence-corrected chi connectivity index (χ3v) is 6.72. The van der Waals surface area contributed by atoms with Gasteiger partial charge in [-0.05, 0) is 57.9 Å². The SMILES string of the molecule is CC1CCCCN1Cc1ccc(NC(=O)CS(=O)(=O)C(C)C)cc1. The minimum absolute atomic E-state index is 0.474. The van der Waals surface area contributed by atoms with Crippen LogP contribution in [-0.2, 0) is 21.2 Å². The summed E-state index contributed by atoms with van der Waals surface area (Å²) in [4.78, 5) is 14.4. The minimum Gasteiger partial charge on any atom is -0.325 e. The highest BCUT2D eigenvalue weighted by Gasteiger charge is 2.21. The monoisotopic (exact) mass is 352 g/mol. The number of amides is 1. The summed E-state index contributed by atoms with van der Waals surface area (Å²) in [5.41, 5.74) is 1.84. The second-order valence-corrected chi connectivity index (χ2v) is 9.47. The number of carbonyl (C=O) groups is 1. The molecule has 1 aliphatic rings. The molecule has 1 fully saturated rings. The molecule has 24 heavy (non-hydrogen) atoms. The van der Waals surface area contributed by atoms with Crippen LogP contribution in [0.1, 0.15) is 45.6 Å². The molecular weight excluding hydrogens is 324 g/mol. The summed E-state index contributed by atoms with van der Waals surface area (Å²) in [6.07, 6.45) is 3.81. The molecule has 0 aliphatic carbocycles. The maximum Gasteiger partial charge on any atom is 0.239 e. The Bertz CT molecular complexity index is 653. The summed E-state index contributed by atoms with van der Waals surface area (Å²) in [5, 5.41) is 2.12. The molecule has 2 rings (SSSR count). The van der Waals surface area contributed by atoms with E-state index in [4.69, 9.17) is 0 Å². The third kappa shape index (κ3) is 5.31. The Hall–Kier alpha value is -1.40. The third-order valence-electron chi connectivity index (χ3n) is 4.61. The molecule has 0 radical (unpaired) electrons. The van der Waals surface area contributed by atoms with Crippen LogP contribution in [-0.4, -0.2) is 42.8 Å². The summed E-state index contributed by atoms with van der Waals surface area (Å²) in [6, 6.07) is 8.27. The van der Waals surface area contributed by atoms with Crippen molar-refractivity contribution in [2.75, 3.05) is 17.6 Å². The molecule has 1 amide bonds. The van der Waals surface area contributed by atoms with E-state index in [1.54, 1.807) is 13.8 Å². The van der Waals surface area contributed by atoms with E-state index in [1.807, 2.05) is 24.3 Å². The number of benzene rings is 1. The number of carbonyl (C=O) groups excluding carboxylic acids is 1. The maximum atomic E-state index is 11.9. The summed E-state index contributed by atoms with van der Waals surface area (Å²) >= 11 is 0. The standard InChI is InChI=1S/C18H28N2O3S/c1-14(2)24(22,23)13-18(21)19-17-9-7-16(8-10-17)12-20-11-5-4-6-15(20)3/h7-10,14-15H,4-6,11-13H2,1-3H3,(H,19,21). The van der Waals surface area contributed by atoms with Crippen LogP contribution < -0.4 is 5.32 Å². The van der Waals surface area contributed by atoms with Crippen molar-refractivity contribution in [2.45, 2.75) is 57.9 Å². The van der Waals surface area contributed by atoms with E-state index in [2.05, 4.69) is 17.1 Å². The molecule has 0 spiro atoms. The zero-order valence-electron chi connectivity index (χ0n) is 14.8. The molecule has 1 aromatic rings. The van der Waals surface area contributed by atoms with E-state index in [-0.39, 0.29) is 0 Å². The Kier molecular flexibility index (Phi) is 6.40. The fourth-order valence-electron chi connectivity index (χ4n) is 2.87. The largest absolute Gasteiger partial charge is 0.325 e. The lowest BCUT2D eigenvalue weighted by Gasteiger charge is -2.33. The molecule has 0 aromatic heterocycles. The van der Waals surface area contributed by atoms with Gasteiger partial charge in [0.25, 0.3) is 0 Å². The second-order valence-electron chi connectivity index (χ2n) is 6.92. The molecule has 1 heterocycles. The number of hydrogen-bond acceptors (Lipinski definition) is 4. The predicted octanol–water partition coefficient (Wildman–Crippen LogP) is 2.82. The molecule has 1 N–H and O–H groups in total. The van der Waals surface area contributed by atoms with Crippen LogP contribution in [0, 0.1) is 0 Å². The van der Waals surface area contributed by atoms with Gasteiger partial charge in [0.15, 0.2) is 9.84 Å². The zero-order valence-corrected chi connectivity index (χ0v) is 15.6. The van der Waals surface area contributed by atoms with E-state index < -0.39 is 26.7 Å². The molecule has 1 atom stereocenters. The number of nitrogens with zero attached hydrogens (tertiary/aromatic N) is 1. The number of rotatable bonds is 6. The predicted molar refractivity (Wildman–Crippen MR) is 97.7 cm³/mol. The van der Waals surface area contributed by atoms with Crippen LogP contribution in [0.5, 0.6) is 0 Å². The topological polar surface area (TPSA) is 66.5 Å². The van der Waals surface area contributed by atoms with E-state index in [1.165, 1.54) is 24.8 Å². The van der Waals surface area contributed by atoms with Crippen molar-refractivity contribution in [1.29, 1.82) is 0 Å². The Balaban J connectivity index is 1.91. The molecule has 6 heteroatoms. The van der Waals surface area contributed by atoms with Gasteiger partial charge in [-0.3, -0.25) is 9.69 Å². The van der Waals surface area contributed by atoms with Gasteiger partial charge in [0, 0.05) is 18.3 Å². The van der Waals surface area contributed by atoms with Crippen LogP contribution in [0.25, 0.3) is 0 Å². The average Bonchev–Trinajstić information content (AvgIpc) is 2.50. The lowest BCUT2D eigenvalue weighted by Crippen LogP contribution is -2.36. The molecule has 1 aliphatic heterocycles. The van der Waals surface area contributed by atoms with Crippen molar-refractivity contribution < 1.29 is 13.2 Å². The number of likely N-dealkylation sites (tertiary alicyclic amines) is 1. The zero-order chi connectivity index (χ0) is 17.7. The highest BCUT2D eigenvalue weighted by molar-refractivity contribution is 7.92. The van der Waals surface area contributed by atoms with Gasteiger partial charge < -0.3 is 5.32 Å². The molecule has 1 aromatic carbocycles. The van der Waals surface area contributed by atoms with Crippen LogP contribution in [0.4, 0.5) is 5.69 Å². The van der Waals surface area contributed by atoms with Gasteiger partial charge in [-0.2, -0.15) is 0 Å². The van der Waals surface area contributed by atoms with E-state index >= 15 is 0 Å². The Labute approximate surface area is 145 Å². The van der Waals surface area contributed by atoms with Crippen molar-refractivity contribution in [3.05, 3.63) is 29.8 Å². The van der Waals surface area contributed by atoms with Gasteiger partial charge in [-0.1, -0.05) is 18.6 Å². The summed E-state index contributed by atoms with van der Waals surface area (Å²) in [6.45, 7) is 7.48. The fourth-order valence-corrected chi connectivity index (χ4v) is 3.64. The van der Waals surface area contributed by atoms with Crippen LogP contribution in [0.3, 0.4) is 0 Å². The lowest BCUT2D eigenvalue weighted by molar-refractivity contribution is -0.113. The van der Waals surface area contributed by atoms with E-state index in [9.17, 15) is 13.2 Å². The van der Waals surface area contributed by atoms with Crippen LogP contribution in [0.2, 0.25) is 0 Å². The van der Waals surface area contributed by atoms with Crippen LogP contribution in [0.15, 0.2) is 24.3 Å². The summed E-state index contributed by atoms with van der Waals surface area (Å²) < 4.78 is 23.5. The highest BCUT2D eigenvalue weighted by Crippen LogP contribution is 2.20. The molecule has 0 bridgehead atoms. The van der Waals surface area contributed by atoms with E-state index in [0.29, 0.717) is 11.7 Å². The van der Waals surface area contributed by atoms with Crippen molar-refractivity contribution in [3.63, 3.8) is 0 Å². The number of anilines is 1. The molecule has 134 valence electrons. The number of hydrogen-bond donors (Lipinski definition) is 1. The second kappa shape index (κ2) is 8.12. The number of nitrogens with one attached hydrogen (secondary N) is 1.